The fourth-order valence-corrected chi connectivity index (χ4v) is 1.19. The molecule has 0 heterocycles. The van der Waals surface area contributed by atoms with Crippen molar-refractivity contribution in [3.8, 4) is 12.3 Å². The third kappa shape index (κ3) is 6.71. The van der Waals surface area contributed by atoms with Crippen LogP contribution in [0.2, 0.25) is 0 Å². The highest BCUT2D eigenvalue weighted by atomic mass is 16.4. The average Bonchev–Trinajstić information content (AvgIpc) is 2.15. The van der Waals surface area contributed by atoms with E-state index < -0.39 is 5.97 Å². The maximum atomic E-state index is 11.4. The topological polar surface area (TPSA) is 78.4 Å². The minimum Gasteiger partial charge on any atom is -0.481 e. The van der Waals surface area contributed by atoms with E-state index in [4.69, 9.17) is 11.5 Å². The molecule has 2 atom stereocenters. The minimum atomic E-state index is -0.927. The molecule has 3 N–H and O–H groups in total. The van der Waals surface area contributed by atoms with Gasteiger partial charge in [0.2, 0.25) is 0 Å². The van der Waals surface area contributed by atoms with Crippen molar-refractivity contribution < 1.29 is 14.7 Å². The molecule has 5 nitrogen and oxygen atoms in total. The van der Waals surface area contributed by atoms with E-state index in [-0.39, 0.29) is 24.5 Å². The Morgan fingerprint density at radius 1 is 1.44 bits per heavy atom. The maximum Gasteiger partial charge on any atom is 0.315 e. The summed E-state index contributed by atoms with van der Waals surface area (Å²) in [6.45, 7) is 3.61. The van der Waals surface area contributed by atoms with Gasteiger partial charge in [-0.25, -0.2) is 4.79 Å². The van der Waals surface area contributed by atoms with Crippen molar-refractivity contribution in [2.45, 2.75) is 45.2 Å². The Hall–Kier alpha value is -1.70. The first-order chi connectivity index (χ1) is 7.49. The molecule has 0 radical (unpaired) electrons. The van der Waals surface area contributed by atoms with Crippen molar-refractivity contribution in [3.05, 3.63) is 0 Å². The summed E-state index contributed by atoms with van der Waals surface area (Å²) in [6, 6.07) is -0.848. The molecule has 0 fully saturated rings. The van der Waals surface area contributed by atoms with Crippen LogP contribution >= 0.6 is 0 Å². The number of carboxylic acids is 1. The van der Waals surface area contributed by atoms with Gasteiger partial charge in [0.1, 0.15) is 0 Å². The summed E-state index contributed by atoms with van der Waals surface area (Å²) in [4.78, 5) is 21.9. The van der Waals surface area contributed by atoms with Crippen molar-refractivity contribution in [1.82, 2.24) is 10.6 Å². The highest BCUT2D eigenvalue weighted by Crippen LogP contribution is 1.97. The molecule has 0 aromatic heterocycles. The number of rotatable bonds is 6. The standard InChI is InChI=1S/C11H18N2O3/c1-4-6-8(3)12-11(16)13-9(5-2)7-10(14)15/h1,8-9H,5-7H2,2-3H3,(H,14,15)(H2,12,13,16). The van der Waals surface area contributed by atoms with E-state index in [9.17, 15) is 9.59 Å². The van der Waals surface area contributed by atoms with Crippen LogP contribution < -0.4 is 10.6 Å². The first kappa shape index (κ1) is 14.3. The lowest BCUT2D eigenvalue weighted by atomic mass is 10.1. The Balaban J connectivity index is 4.01. The summed E-state index contributed by atoms with van der Waals surface area (Å²) in [6.07, 6.45) is 6.04. The normalized spacial score (nSPS) is 13.3. The van der Waals surface area contributed by atoms with Crippen LogP contribution in [0.15, 0.2) is 0 Å². The SMILES string of the molecule is C#CCC(C)NC(=O)NC(CC)CC(=O)O. The molecule has 0 spiro atoms. The summed E-state index contributed by atoms with van der Waals surface area (Å²) >= 11 is 0. The molecule has 0 aliphatic heterocycles. The van der Waals surface area contributed by atoms with E-state index in [1.54, 1.807) is 6.92 Å². The number of amides is 2. The molecule has 0 aliphatic carbocycles. The van der Waals surface area contributed by atoms with Gasteiger partial charge in [0.05, 0.1) is 6.42 Å². The van der Waals surface area contributed by atoms with Crippen molar-refractivity contribution in [3.63, 3.8) is 0 Å². The van der Waals surface area contributed by atoms with Crippen LogP contribution in [0, 0.1) is 12.3 Å². The van der Waals surface area contributed by atoms with Crippen LogP contribution in [0.1, 0.15) is 33.1 Å². The second-order valence-corrected chi connectivity index (χ2v) is 3.63. The van der Waals surface area contributed by atoms with E-state index in [0.29, 0.717) is 12.8 Å². The lowest BCUT2D eigenvalue weighted by Crippen LogP contribution is -2.45. The largest absolute Gasteiger partial charge is 0.481 e. The summed E-state index contributed by atoms with van der Waals surface area (Å²) in [5.41, 5.74) is 0. The monoisotopic (exact) mass is 226 g/mol. The van der Waals surface area contributed by atoms with Crippen LogP contribution in [-0.4, -0.2) is 29.2 Å². The third-order valence-electron chi connectivity index (χ3n) is 2.05. The third-order valence-corrected chi connectivity index (χ3v) is 2.05. The Morgan fingerprint density at radius 3 is 2.50 bits per heavy atom. The van der Waals surface area contributed by atoms with Gasteiger partial charge in [-0.2, -0.15) is 0 Å². The molecule has 2 amide bonds. The van der Waals surface area contributed by atoms with Gasteiger partial charge < -0.3 is 15.7 Å². The van der Waals surface area contributed by atoms with E-state index in [1.165, 1.54) is 0 Å². The average molecular weight is 226 g/mol. The molecule has 0 aromatic carbocycles. The summed E-state index contributed by atoms with van der Waals surface area (Å²) in [5.74, 6) is 1.51. The number of hydrogen-bond donors (Lipinski definition) is 3. The van der Waals surface area contributed by atoms with Crippen LogP contribution in [-0.2, 0) is 4.79 Å². The molecule has 0 rings (SSSR count). The number of carbonyl (C=O) groups is 2. The van der Waals surface area contributed by atoms with Crippen LogP contribution in [0.5, 0.6) is 0 Å². The molecule has 5 heteroatoms. The number of terminal acetylenes is 1. The van der Waals surface area contributed by atoms with Crippen LogP contribution in [0.25, 0.3) is 0 Å². The molecule has 0 saturated carbocycles. The van der Waals surface area contributed by atoms with Crippen molar-refractivity contribution in [2.75, 3.05) is 0 Å². The molecule has 16 heavy (non-hydrogen) atoms. The fraction of sp³-hybridized carbons (Fsp3) is 0.636. The summed E-state index contributed by atoms with van der Waals surface area (Å²) in [5, 5.41) is 13.8. The van der Waals surface area contributed by atoms with Gasteiger partial charge in [0, 0.05) is 18.5 Å². The van der Waals surface area contributed by atoms with Crippen molar-refractivity contribution in [2.24, 2.45) is 0 Å². The molecule has 2 unspecified atom stereocenters. The second kappa shape index (κ2) is 7.57. The fourth-order valence-electron chi connectivity index (χ4n) is 1.19. The molecule has 90 valence electrons. The minimum absolute atomic E-state index is 0.0760. The molecule has 0 aromatic rings. The Bertz CT molecular complexity index is 283. The smallest absolute Gasteiger partial charge is 0.315 e. The predicted octanol–water partition coefficient (Wildman–Crippen LogP) is 0.951. The zero-order valence-electron chi connectivity index (χ0n) is 9.62. The Kier molecular flexibility index (Phi) is 6.77. The van der Waals surface area contributed by atoms with Crippen molar-refractivity contribution in [1.29, 1.82) is 0 Å². The van der Waals surface area contributed by atoms with Gasteiger partial charge in [-0.05, 0) is 13.3 Å². The number of carbonyl (C=O) groups excluding carboxylic acids is 1. The number of aliphatic carboxylic acids is 1. The maximum absolute atomic E-state index is 11.4. The first-order valence-corrected chi connectivity index (χ1v) is 5.21. The summed E-state index contributed by atoms with van der Waals surface area (Å²) < 4.78 is 0. The van der Waals surface area contributed by atoms with Crippen LogP contribution in [0.4, 0.5) is 4.79 Å². The Morgan fingerprint density at radius 2 is 2.06 bits per heavy atom. The van der Waals surface area contributed by atoms with E-state index in [2.05, 4.69) is 16.6 Å². The van der Waals surface area contributed by atoms with Gasteiger partial charge >= 0.3 is 12.0 Å². The van der Waals surface area contributed by atoms with Gasteiger partial charge in [0.25, 0.3) is 0 Å². The van der Waals surface area contributed by atoms with Crippen LogP contribution in [0.3, 0.4) is 0 Å². The molecule has 0 bridgehead atoms. The molecular formula is C11H18N2O3. The Labute approximate surface area is 95.6 Å². The predicted molar refractivity (Wildman–Crippen MR) is 60.9 cm³/mol. The number of carboxylic acid groups (broad SMARTS) is 1. The molecule has 0 aliphatic rings. The van der Waals surface area contributed by atoms with E-state index >= 15 is 0 Å². The highest BCUT2D eigenvalue weighted by molar-refractivity contribution is 5.76. The summed E-state index contributed by atoms with van der Waals surface area (Å²) in [7, 11) is 0. The lowest BCUT2D eigenvalue weighted by Gasteiger charge is -2.17. The number of nitrogens with one attached hydrogen (secondary N) is 2. The van der Waals surface area contributed by atoms with Gasteiger partial charge in [-0.15, -0.1) is 12.3 Å². The highest BCUT2D eigenvalue weighted by Gasteiger charge is 2.14. The van der Waals surface area contributed by atoms with Gasteiger partial charge in [-0.3, -0.25) is 4.79 Å². The first-order valence-electron chi connectivity index (χ1n) is 5.21. The van der Waals surface area contributed by atoms with E-state index in [1.807, 2.05) is 6.92 Å². The van der Waals surface area contributed by atoms with Crippen molar-refractivity contribution >= 4 is 12.0 Å². The number of urea groups is 1. The second-order valence-electron chi connectivity index (χ2n) is 3.63. The molecule has 0 saturated heterocycles. The quantitative estimate of drug-likeness (QED) is 0.590. The zero-order chi connectivity index (χ0) is 12.6. The van der Waals surface area contributed by atoms with E-state index in [0.717, 1.165) is 0 Å². The number of hydrogen-bond acceptors (Lipinski definition) is 2. The van der Waals surface area contributed by atoms with Gasteiger partial charge in [-0.1, -0.05) is 6.92 Å². The lowest BCUT2D eigenvalue weighted by molar-refractivity contribution is -0.137. The molecular weight excluding hydrogens is 208 g/mol. The zero-order valence-corrected chi connectivity index (χ0v) is 9.62. The van der Waals surface area contributed by atoms with Gasteiger partial charge in [0.15, 0.2) is 0 Å².